The number of carboxylic acid groups (broad SMARTS) is 1. The van der Waals surface area contributed by atoms with E-state index in [9.17, 15) is 13.6 Å². The summed E-state index contributed by atoms with van der Waals surface area (Å²) in [5, 5.41) is 8.84. The van der Waals surface area contributed by atoms with Crippen LogP contribution in [0.25, 0.3) is 0 Å². The van der Waals surface area contributed by atoms with Crippen molar-refractivity contribution in [2.24, 2.45) is 5.41 Å². The molecule has 0 amide bonds. The van der Waals surface area contributed by atoms with Crippen LogP contribution in [0.5, 0.6) is 0 Å². The zero-order valence-electron chi connectivity index (χ0n) is 7.35. The van der Waals surface area contributed by atoms with Gasteiger partial charge in [0.25, 0.3) is 5.92 Å². The molecule has 0 radical (unpaired) electrons. The highest BCUT2D eigenvalue weighted by molar-refractivity contribution is 7.99. The molecule has 2 nitrogen and oxygen atoms in total. The van der Waals surface area contributed by atoms with Crippen molar-refractivity contribution >= 4 is 17.7 Å². The van der Waals surface area contributed by atoms with Gasteiger partial charge in [0.05, 0.1) is 0 Å². The SMILES string of the molecule is CC(F)(F)C1(C(=O)O)CCSCC1. The van der Waals surface area contributed by atoms with Gasteiger partial charge < -0.3 is 5.11 Å². The third-order valence-electron chi connectivity index (χ3n) is 2.60. The van der Waals surface area contributed by atoms with Crippen LogP contribution in [0.3, 0.4) is 0 Å². The van der Waals surface area contributed by atoms with Crippen LogP contribution in [0.4, 0.5) is 8.78 Å². The van der Waals surface area contributed by atoms with Gasteiger partial charge in [-0.1, -0.05) is 0 Å². The van der Waals surface area contributed by atoms with Crippen LogP contribution in [0, 0.1) is 5.41 Å². The molecule has 1 rings (SSSR count). The number of carboxylic acids is 1. The van der Waals surface area contributed by atoms with Crippen LogP contribution < -0.4 is 0 Å². The second-order valence-corrected chi connectivity index (χ2v) is 4.61. The number of thioether (sulfide) groups is 1. The third-order valence-corrected chi connectivity index (χ3v) is 3.58. The summed E-state index contributed by atoms with van der Waals surface area (Å²) in [4.78, 5) is 10.8. The molecular weight excluding hydrogens is 198 g/mol. The molecule has 0 unspecified atom stereocenters. The summed E-state index contributed by atoms with van der Waals surface area (Å²) < 4.78 is 26.2. The molecule has 0 aromatic rings. The Morgan fingerprint density at radius 3 is 2.15 bits per heavy atom. The Kier molecular flexibility index (Phi) is 2.85. The topological polar surface area (TPSA) is 37.3 Å². The Morgan fingerprint density at radius 1 is 1.46 bits per heavy atom. The molecule has 1 saturated heterocycles. The number of aliphatic carboxylic acids is 1. The standard InChI is InChI=1S/C8H12F2O2S/c1-7(9,10)8(6(11)12)2-4-13-5-3-8/h2-5H2,1H3,(H,11,12). The molecular formula is C8H12F2O2S. The first-order valence-corrected chi connectivity index (χ1v) is 5.24. The van der Waals surface area contributed by atoms with E-state index in [0.717, 1.165) is 0 Å². The predicted octanol–water partition coefficient (Wildman–Crippen LogP) is 2.24. The lowest BCUT2D eigenvalue weighted by Crippen LogP contribution is -2.48. The van der Waals surface area contributed by atoms with Gasteiger partial charge in [-0.3, -0.25) is 4.79 Å². The average Bonchev–Trinajstić information content (AvgIpc) is 2.03. The number of rotatable bonds is 2. The molecule has 76 valence electrons. The van der Waals surface area contributed by atoms with Crippen LogP contribution in [-0.4, -0.2) is 28.5 Å². The number of halogens is 2. The van der Waals surface area contributed by atoms with E-state index in [-0.39, 0.29) is 12.8 Å². The molecule has 0 aromatic heterocycles. The number of hydrogen-bond acceptors (Lipinski definition) is 2. The molecule has 0 atom stereocenters. The first-order chi connectivity index (χ1) is 5.90. The molecule has 0 bridgehead atoms. The lowest BCUT2D eigenvalue weighted by atomic mass is 9.76. The second-order valence-electron chi connectivity index (χ2n) is 3.39. The smallest absolute Gasteiger partial charge is 0.315 e. The van der Waals surface area contributed by atoms with Crippen LogP contribution in [0.15, 0.2) is 0 Å². The Balaban J connectivity index is 2.93. The van der Waals surface area contributed by atoms with Gasteiger partial charge in [-0.2, -0.15) is 11.8 Å². The third kappa shape index (κ3) is 1.80. The Hall–Kier alpha value is -0.320. The van der Waals surface area contributed by atoms with Crippen molar-refractivity contribution in [3.05, 3.63) is 0 Å². The quantitative estimate of drug-likeness (QED) is 0.759. The molecule has 5 heteroatoms. The molecule has 0 aliphatic carbocycles. The molecule has 1 heterocycles. The summed E-state index contributed by atoms with van der Waals surface area (Å²) in [7, 11) is 0. The van der Waals surface area contributed by atoms with Crippen molar-refractivity contribution in [1.29, 1.82) is 0 Å². The van der Waals surface area contributed by atoms with Gasteiger partial charge in [0, 0.05) is 6.92 Å². The normalized spacial score (nSPS) is 22.7. The molecule has 1 fully saturated rings. The first kappa shape index (κ1) is 10.8. The minimum Gasteiger partial charge on any atom is -0.481 e. The van der Waals surface area contributed by atoms with Crippen molar-refractivity contribution in [2.75, 3.05) is 11.5 Å². The van der Waals surface area contributed by atoms with E-state index in [1.54, 1.807) is 0 Å². The van der Waals surface area contributed by atoms with Crippen molar-refractivity contribution in [3.63, 3.8) is 0 Å². The highest BCUT2D eigenvalue weighted by atomic mass is 32.2. The van der Waals surface area contributed by atoms with Crippen molar-refractivity contribution < 1.29 is 18.7 Å². The minimum atomic E-state index is -3.13. The maximum Gasteiger partial charge on any atom is 0.315 e. The van der Waals surface area contributed by atoms with Crippen molar-refractivity contribution in [3.8, 4) is 0 Å². The minimum absolute atomic E-state index is 0.0660. The highest BCUT2D eigenvalue weighted by Gasteiger charge is 2.56. The largest absolute Gasteiger partial charge is 0.481 e. The zero-order valence-corrected chi connectivity index (χ0v) is 8.16. The predicted molar refractivity (Wildman–Crippen MR) is 47.2 cm³/mol. The fraction of sp³-hybridized carbons (Fsp3) is 0.875. The van der Waals surface area contributed by atoms with Gasteiger partial charge in [0.2, 0.25) is 0 Å². The van der Waals surface area contributed by atoms with Crippen LogP contribution in [-0.2, 0) is 4.79 Å². The summed E-state index contributed by atoms with van der Waals surface area (Å²) in [5.74, 6) is -3.47. The van der Waals surface area contributed by atoms with Gasteiger partial charge in [-0.25, -0.2) is 8.78 Å². The average molecular weight is 210 g/mol. The summed E-state index contributed by atoms with van der Waals surface area (Å²) in [6, 6.07) is 0. The first-order valence-electron chi connectivity index (χ1n) is 4.09. The van der Waals surface area contributed by atoms with E-state index < -0.39 is 17.3 Å². The molecule has 1 aliphatic rings. The Bertz CT molecular complexity index is 207. The van der Waals surface area contributed by atoms with E-state index >= 15 is 0 Å². The summed E-state index contributed by atoms with van der Waals surface area (Å²) in [6.07, 6.45) is 0.132. The zero-order chi connectivity index (χ0) is 10.1. The number of hydrogen-bond donors (Lipinski definition) is 1. The molecule has 1 N–H and O–H groups in total. The summed E-state index contributed by atoms with van der Waals surface area (Å²) >= 11 is 1.53. The van der Waals surface area contributed by atoms with Gasteiger partial charge in [0.15, 0.2) is 0 Å². The van der Waals surface area contributed by atoms with Gasteiger partial charge in [-0.15, -0.1) is 0 Å². The van der Waals surface area contributed by atoms with Crippen LogP contribution >= 0.6 is 11.8 Å². The van der Waals surface area contributed by atoms with Crippen LogP contribution in [0.1, 0.15) is 19.8 Å². The second kappa shape index (κ2) is 3.44. The molecule has 0 spiro atoms. The van der Waals surface area contributed by atoms with E-state index in [1.165, 1.54) is 11.8 Å². The summed E-state index contributed by atoms with van der Waals surface area (Å²) in [5.41, 5.74) is -1.82. The summed E-state index contributed by atoms with van der Waals surface area (Å²) in [6.45, 7) is 0.705. The van der Waals surface area contributed by atoms with Crippen molar-refractivity contribution in [2.45, 2.75) is 25.7 Å². The fourth-order valence-corrected chi connectivity index (χ4v) is 2.75. The monoisotopic (exact) mass is 210 g/mol. The molecule has 1 aliphatic heterocycles. The van der Waals surface area contributed by atoms with Gasteiger partial charge in [0.1, 0.15) is 5.41 Å². The fourth-order valence-electron chi connectivity index (χ4n) is 1.56. The lowest BCUT2D eigenvalue weighted by molar-refractivity contribution is -0.177. The Labute approximate surface area is 79.7 Å². The highest BCUT2D eigenvalue weighted by Crippen LogP contribution is 2.46. The molecule has 0 saturated carbocycles. The maximum absolute atomic E-state index is 13.1. The molecule has 13 heavy (non-hydrogen) atoms. The van der Waals surface area contributed by atoms with E-state index in [0.29, 0.717) is 18.4 Å². The number of alkyl halides is 2. The van der Waals surface area contributed by atoms with E-state index in [2.05, 4.69) is 0 Å². The van der Waals surface area contributed by atoms with Gasteiger partial charge in [-0.05, 0) is 24.3 Å². The van der Waals surface area contributed by atoms with Gasteiger partial charge >= 0.3 is 5.97 Å². The lowest BCUT2D eigenvalue weighted by Gasteiger charge is -2.37. The van der Waals surface area contributed by atoms with Crippen LogP contribution in [0.2, 0.25) is 0 Å². The maximum atomic E-state index is 13.1. The van der Waals surface area contributed by atoms with E-state index in [4.69, 9.17) is 5.11 Å². The Morgan fingerprint density at radius 2 is 1.92 bits per heavy atom. The number of carbonyl (C=O) groups is 1. The van der Waals surface area contributed by atoms with E-state index in [1.807, 2.05) is 0 Å². The van der Waals surface area contributed by atoms with Crippen molar-refractivity contribution in [1.82, 2.24) is 0 Å². The molecule has 0 aromatic carbocycles.